The zero-order chi connectivity index (χ0) is 62.6. The summed E-state index contributed by atoms with van der Waals surface area (Å²) in [5.41, 5.74) is 5.44. The molecule has 0 spiro atoms. The molecule has 0 bridgehead atoms. The van der Waals surface area contributed by atoms with Crippen LogP contribution in [0.3, 0.4) is 0 Å². The van der Waals surface area contributed by atoms with Crippen molar-refractivity contribution >= 4 is 59.1 Å². The fraction of sp³-hybridized carbons (Fsp3) is 0.825. The Morgan fingerprint density at radius 1 is 0.329 bits per heavy atom. The maximum absolute atomic E-state index is 14.5. The number of aliphatic hydroxyl groups is 4. The summed E-state index contributed by atoms with van der Waals surface area (Å²) in [7, 11) is 0. The molecular formula is C57H109N11O14. The van der Waals surface area contributed by atoms with Crippen LogP contribution in [-0.4, -0.2) is 276 Å². The number of nitrogens with one attached hydrogen (secondary N) is 1. The quantitative estimate of drug-likeness (QED) is 0.0486. The van der Waals surface area contributed by atoms with E-state index in [1.54, 1.807) is 55.4 Å². The molecule has 82 heavy (non-hydrogen) atoms. The van der Waals surface area contributed by atoms with E-state index in [0.29, 0.717) is 32.1 Å². The zero-order valence-corrected chi connectivity index (χ0v) is 51.9. The second-order valence-corrected chi connectivity index (χ2v) is 22.0. The molecule has 0 saturated heterocycles. The third-order valence-corrected chi connectivity index (χ3v) is 14.6. The minimum absolute atomic E-state index is 0. The third kappa shape index (κ3) is 28.2. The van der Waals surface area contributed by atoms with Crippen LogP contribution in [0, 0.1) is 0 Å². The highest BCUT2D eigenvalue weighted by Gasteiger charge is 2.35. The monoisotopic (exact) mass is 1170 g/mol. The van der Waals surface area contributed by atoms with Crippen molar-refractivity contribution in [1.82, 2.24) is 49.4 Å². The number of nitrogens with zero attached hydrogens (tertiary/aromatic N) is 9. The van der Waals surface area contributed by atoms with E-state index in [2.05, 4.69) is 5.32 Å². The molecule has 0 rings (SSSR count). The molecule has 25 heteroatoms. The first-order chi connectivity index (χ1) is 37.7. The molecule has 25 nitrogen and oxygen atoms in total. The van der Waals surface area contributed by atoms with Gasteiger partial charge in [0.15, 0.2) is 0 Å². The molecule has 476 valence electrons. The molecule has 10 amide bonds. The first kappa shape index (κ1) is 78.6. The van der Waals surface area contributed by atoms with Gasteiger partial charge in [-0.2, -0.15) is 0 Å². The number of amides is 10. The summed E-state index contributed by atoms with van der Waals surface area (Å²) in [4.78, 5) is 149. The van der Waals surface area contributed by atoms with Crippen molar-refractivity contribution in [3.8, 4) is 0 Å². The molecule has 0 unspecified atom stereocenters. The molecule has 0 aromatic rings. The fourth-order valence-corrected chi connectivity index (χ4v) is 8.52. The molecule has 0 aromatic carbocycles. The molecule has 0 fully saturated rings. The van der Waals surface area contributed by atoms with Crippen molar-refractivity contribution in [3.63, 3.8) is 0 Å². The predicted octanol–water partition coefficient (Wildman–Crippen LogP) is 0.469. The first-order valence-corrected chi connectivity index (χ1v) is 29.1. The van der Waals surface area contributed by atoms with E-state index in [0.717, 1.165) is 26.0 Å². The van der Waals surface area contributed by atoms with E-state index in [1.165, 1.54) is 52.2 Å². The van der Waals surface area contributed by atoms with Gasteiger partial charge in [-0.25, -0.2) is 0 Å². The molecule has 0 radical (unpaired) electrons. The second kappa shape index (κ2) is 39.9. The van der Waals surface area contributed by atoms with Crippen molar-refractivity contribution in [1.29, 1.82) is 0 Å². The minimum Gasteiger partial charge on any atom is -0.392 e. The predicted molar refractivity (Wildman–Crippen MR) is 314 cm³/mol. The number of carbonyl (C=O) groups excluding carboxylic acids is 10. The lowest BCUT2D eigenvalue weighted by molar-refractivity contribution is -0.152. The third-order valence-electron chi connectivity index (χ3n) is 14.6. The molecule has 0 saturated carbocycles. The van der Waals surface area contributed by atoms with Crippen LogP contribution in [0.5, 0.6) is 0 Å². The van der Waals surface area contributed by atoms with Crippen LogP contribution in [0.1, 0.15) is 157 Å². The first-order valence-electron chi connectivity index (χ1n) is 29.1. The van der Waals surface area contributed by atoms with Gasteiger partial charge in [0.2, 0.25) is 59.1 Å². The summed E-state index contributed by atoms with van der Waals surface area (Å²) in [5, 5.41) is 45.2. The van der Waals surface area contributed by atoms with Crippen LogP contribution in [0.4, 0.5) is 0 Å². The molecule has 0 aromatic heterocycles. The summed E-state index contributed by atoms with van der Waals surface area (Å²) < 4.78 is 0. The van der Waals surface area contributed by atoms with Gasteiger partial charge in [-0.3, -0.25) is 47.9 Å². The number of hydrogen-bond acceptors (Lipinski definition) is 15. The van der Waals surface area contributed by atoms with Gasteiger partial charge in [-0.1, -0.05) is 49.0 Å². The average molecular weight is 1170 g/mol. The van der Waals surface area contributed by atoms with Crippen molar-refractivity contribution in [2.45, 2.75) is 217 Å². The van der Waals surface area contributed by atoms with Crippen LogP contribution in [0.15, 0.2) is 0 Å². The topological polar surface area (TPSA) is 319 Å². The van der Waals surface area contributed by atoms with Gasteiger partial charge in [-0.05, 0) is 108 Å². The van der Waals surface area contributed by atoms with Crippen LogP contribution in [-0.2, 0) is 47.9 Å². The Morgan fingerprint density at radius 2 is 0.537 bits per heavy atom. The Hall–Kier alpha value is -5.50. The number of nitrogens with two attached hydrogens (primary N) is 1. The van der Waals surface area contributed by atoms with Crippen LogP contribution >= 0.6 is 0 Å². The zero-order valence-electron chi connectivity index (χ0n) is 51.9. The van der Waals surface area contributed by atoms with Crippen molar-refractivity contribution in [3.05, 3.63) is 0 Å². The highest BCUT2D eigenvalue weighted by molar-refractivity contribution is 5.94. The van der Waals surface area contributed by atoms with Gasteiger partial charge in [0.25, 0.3) is 0 Å². The minimum atomic E-state index is -1.17. The summed E-state index contributed by atoms with van der Waals surface area (Å²) in [5.74, 6) is -6.53. The van der Waals surface area contributed by atoms with E-state index >= 15 is 0 Å². The number of carbonyl (C=O) groups is 10. The summed E-state index contributed by atoms with van der Waals surface area (Å²) >= 11 is 0. The molecule has 7 N–H and O–H groups in total. The molecule has 10 atom stereocenters. The molecular weight excluding hydrogens is 1060 g/mol. The van der Waals surface area contributed by atoms with E-state index in [1.807, 2.05) is 27.7 Å². The number of rotatable bonds is 40. The Morgan fingerprint density at radius 3 is 0.768 bits per heavy atom. The number of aliphatic hydroxyl groups excluding tert-OH is 4. The van der Waals surface area contributed by atoms with Crippen molar-refractivity contribution in [2.75, 3.05) is 91.6 Å². The molecule has 0 aliphatic rings. The van der Waals surface area contributed by atoms with Gasteiger partial charge in [0.05, 0.1) is 63.7 Å². The SMILES string of the molecule is C.CC[C@H](C)NCC(=O)N(CC(=O)N(CC(=O)N(CC(=O)N(CC(=O)N(CC(=O)N(CC(=O)N(CC(=O)N(CC(=O)N(CC(N)=O)[C@@H](C)CC)[C@@H](C)CC)C[C@H](C)O)C[C@H](C)O)[C@@H](C)CC)[C@@H](C)CC)C[C@H](C)O)C[C@H](C)O)[C@@H](C)CC. The number of hydrogen-bond donors (Lipinski definition) is 6. The lowest BCUT2D eigenvalue weighted by Gasteiger charge is -2.36. The van der Waals surface area contributed by atoms with Crippen molar-refractivity contribution in [2.24, 2.45) is 5.73 Å². The van der Waals surface area contributed by atoms with Gasteiger partial charge in [0.1, 0.15) is 26.2 Å². The van der Waals surface area contributed by atoms with Gasteiger partial charge < -0.3 is 75.6 Å². The lowest BCUT2D eigenvalue weighted by atomic mass is 10.1. The lowest BCUT2D eigenvalue weighted by Crippen LogP contribution is -2.56. The summed E-state index contributed by atoms with van der Waals surface area (Å²) in [6.07, 6.45) is -1.60. The van der Waals surface area contributed by atoms with Gasteiger partial charge in [0, 0.05) is 62.4 Å². The highest BCUT2D eigenvalue weighted by Crippen LogP contribution is 2.15. The smallest absolute Gasteiger partial charge is 0.242 e. The average Bonchev–Trinajstić information content (AvgIpc) is 3.39. The molecule has 0 aliphatic carbocycles. The standard InChI is InChI=1S/C56H105N11O14.CH4/c1-17-37(7)58-23-48(73)64(39(9)19-3)33-51(76)59(24-43(13)68)29-49(74)62(27-46(16)71)32-54(79)67(42(12)22-6)36-56(81)65(40(10)20-4)34-52(77)60(25-44(14)69)30-50(75)61(26-45(15)70)31-53(78)66(41(11)21-5)35-55(80)63(28-47(57)72)38(8)18-2;/h37-46,58,68-71H,17-36H2,1-16H3,(H2,57,72);1H4/t37-,38-,39-,40-,41-,42-,43-,44-,45-,46-;/m0./s1. The summed E-state index contributed by atoms with van der Waals surface area (Å²) in [6.45, 7) is 21.0. The normalized spacial score (nSPS) is 14.8. The van der Waals surface area contributed by atoms with Crippen LogP contribution < -0.4 is 11.1 Å². The maximum atomic E-state index is 14.5. The van der Waals surface area contributed by atoms with E-state index in [4.69, 9.17) is 5.73 Å². The second-order valence-electron chi connectivity index (χ2n) is 22.0. The Bertz CT molecular complexity index is 2010. The van der Waals surface area contributed by atoms with Gasteiger partial charge >= 0.3 is 0 Å². The maximum Gasteiger partial charge on any atom is 0.242 e. The number of primary amides is 1. The Balaban J connectivity index is 0. The van der Waals surface area contributed by atoms with Gasteiger partial charge in [-0.15, -0.1) is 0 Å². The van der Waals surface area contributed by atoms with Crippen LogP contribution in [0.2, 0.25) is 0 Å². The Kier molecular flexibility index (Phi) is 38.2. The van der Waals surface area contributed by atoms with E-state index < -0.39 is 142 Å². The molecule has 0 aliphatic heterocycles. The Labute approximate surface area is 490 Å². The van der Waals surface area contributed by atoms with E-state index in [-0.39, 0.29) is 77.3 Å². The highest BCUT2D eigenvalue weighted by atomic mass is 16.3. The van der Waals surface area contributed by atoms with Crippen molar-refractivity contribution < 1.29 is 68.4 Å². The summed E-state index contributed by atoms with van der Waals surface area (Å²) in [6, 6.07) is -2.37. The largest absolute Gasteiger partial charge is 0.392 e. The van der Waals surface area contributed by atoms with E-state index in [9.17, 15) is 68.4 Å². The molecule has 0 heterocycles. The van der Waals surface area contributed by atoms with Crippen LogP contribution in [0.25, 0.3) is 0 Å². The fourth-order valence-electron chi connectivity index (χ4n) is 8.52.